The molecule has 3 aromatic rings. The van der Waals surface area contributed by atoms with Crippen molar-refractivity contribution in [2.24, 2.45) is 11.0 Å². The van der Waals surface area contributed by atoms with Gasteiger partial charge in [0, 0.05) is 17.4 Å². The summed E-state index contributed by atoms with van der Waals surface area (Å²) in [4.78, 5) is 2.95. The molecule has 182 valence electrons. The minimum absolute atomic E-state index is 0.124. The van der Waals surface area contributed by atoms with E-state index in [9.17, 15) is 0 Å². The third-order valence-corrected chi connectivity index (χ3v) is 6.02. The monoisotopic (exact) mass is 473 g/mol. The predicted molar refractivity (Wildman–Crippen MR) is 133 cm³/mol. The summed E-state index contributed by atoms with van der Waals surface area (Å²) in [7, 11) is 0. The van der Waals surface area contributed by atoms with Gasteiger partial charge in [-0.3, -0.25) is 0 Å². The lowest BCUT2D eigenvalue weighted by molar-refractivity contribution is -0.218. The molecule has 0 aliphatic carbocycles. The van der Waals surface area contributed by atoms with E-state index < -0.39 is 0 Å². The molecule has 7 heteroatoms. The third kappa shape index (κ3) is 7.65. The maximum absolute atomic E-state index is 8.91. The molecule has 1 aliphatic rings. The van der Waals surface area contributed by atoms with Gasteiger partial charge in [-0.05, 0) is 22.2 Å². The van der Waals surface area contributed by atoms with Gasteiger partial charge in [0.2, 0.25) is 0 Å². The Morgan fingerprint density at radius 1 is 0.743 bits per heavy atom. The number of ether oxygens (including phenoxy) is 4. The highest BCUT2D eigenvalue weighted by molar-refractivity contribution is 5.15. The molecule has 0 spiro atoms. The summed E-state index contributed by atoms with van der Waals surface area (Å²) in [6, 6.07) is 30.1. The Hall–Kier alpha value is -3.19. The van der Waals surface area contributed by atoms with Crippen LogP contribution in [-0.4, -0.2) is 38.1 Å². The van der Waals surface area contributed by atoms with E-state index in [4.69, 9.17) is 24.5 Å². The highest BCUT2D eigenvalue weighted by Crippen LogP contribution is 2.28. The van der Waals surface area contributed by atoms with Crippen molar-refractivity contribution in [2.45, 2.75) is 38.1 Å². The van der Waals surface area contributed by atoms with Gasteiger partial charge in [-0.2, -0.15) is 0 Å². The van der Waals surface area contributed by atoms with Crippen molar-refractivity contribution in [3.05, 3.63) is 118 Å². The van der Waals surface area contributed by atoms with Crippen LogP contribution in [0.3, 0.4) is 0 Å². The van der Waals surface area contributed by atoms with Crippen LogP contribution in [0.1, 0.15) is 16.7 Å². The Morgan fingerprint density at radius 2 is 1.26 bits per heavy atom. The average Bonchev–Trinajstić information content (AvgIpc) is 2.92. The molecule has 1 fully saturated rings. The molecule has 7 nitrogen and oxygen atoms in total. The standard InChI is InChI=1S/C28H31N3O4/c29-31-30-16-25-20-33-26(21-32-17-22-10-4-1-5-11-22)28(35-19-24-14-8-3-9-15-24)27(25)34-18-23-12-6-2-7-13-23/h1-15,25-28H,16-21H2/t25-,26+,27+,28-/m0/s1. The summed E-state index contributed by atoms with van der Waals surface area (Å²) < 4.78 is 25.1. The zero-order chi connectivity index (χ0) is 24.1. The minimum Gasteiger partial charge on any atom is -0.374 e. The lowest BCUT2D eigenvalue weighted by atomic mass is 9.91. The van der Waals surface area contributed by atoms with Gasteiger partial charge in [0.25, 0.3) is 0 Å². The molecule has 0 bridgehead atoms. The van der Waals surface area contributed by atoms with Crippen molar-refractivity contribution in [3.8, 4) is 0 Å². The van der Waals surface area contributed by atoms with Crippen LogP contribution in [0.15, 0.2) is 96.1 Å². The highest BCUT2D eigenvalue weighted by Gasteiger charge is 2.42. The fourth-order valence-electron chi connectivity index (χ4n) is 4.19. The highest BCUT2D eigenvalue weighted by atomic mass is 16.6. The average molecular weight is 474 g/mol. The summed E-state index contributed by atoms with van der Waals surface area (Å²) >= 11 is 0. The van der Waals surface area contributed by atoms with E-state index in [1.54, 1.807) is 0 Å². The van der Waals surface area contributed by atoms with Crippen LogP contribution in [0, 0.1) is 5.92 Å². The molecule has 35 heavy (non-hydrogen) atoms. The first-order valence-corrected chi connectivity index (χ1v) is 11.9. The molecule has 1 heterocycles. The van der Waals surface area contributed by atoms with E-state index in [0.29, 0.717) is 33.0 Å². The maximum atomic E-state index is 8.91. The SMILES string of the molecule is [N-]=[N+]=NC[C@H]1CO[C@H](COCc2ccccc2)[C@H](OCc2ccccc2)[C@@H]1OCc1ccccc1. The molecule has 1 aliphatic heterocycles. The van der Waals surface area contributed by atoms with Crippen molar-refractivity contribution in [1.29, 1.82) is 0 Å². The van der Waals surface area contributed by atoms with Crippen molar-refractivity contribution in [3.63, 3.8) is 0 Å². The summed E-state index contributed by atoms with van der Waals surface area (Å²) in [5.74, 6) is -0.124. The Balaban J connectivity index is 1.49. The van der Waals surface area contributed by atoms with Crippen molar-refractivity contribution in [1.82, 2.24) is 0 Å². The molecular formula is C28H31N3O4. The fraction of sp³-hybridized carbons (Fsp3) is 0.357. The van der Waals surface area contributed by atoms with E-state index in [0.717, 1.165) is 16.7 Å². The topological polar surface area (TPSA) is 85.7 Å². The number of benzene rings is 3. The van der Waals surface area contributed by atoms with Crippen LogP contribution in [0.2, 0.25) is 0 Å². The summed E-state index contributed by atoms with van der Waals surface area (Å²) in [6.45, 7) is 2.39. The quantitative estimate of drug-likeness (QED) is 0.192. The maximum Gasteiger partial charge on any atom is 0.113 e. The number of rotatable bonds is 12. The first-order valence-electron chi connectivity index (χ1n) is 11.9. The Bertz CT molecular complexity index is 1050. The van der Waals surface area contributed by atoms with Crippen LogP contribution in [0.4, 0.5) is 0 Å². The molecule has 0 unspecified atom stereocenters. The van der Waals surface area contributed by atoms with E-state index in [-0.39, 0.29) is 30.8 Å². The lowest BCUT2D eigenvalue weighted by Crippen LogP contribution is -2.54. The Morgan fingerprint density at radius 3 is 1.80 bits per heavy atom. The van der Waals surface area contributed by atoms with Gasteiger partial charge >= 0.3 is 0 Å². The van der Waals surface area contributed by atoms with Gasteiger partial charge in [0.1, 0.15) is 12.2 Å². The normalized spacial score (nSPS) is 21.8. The van der Waals surface area contributed by atoms with Gasteiger partial charge in [0.05, 0.1) is 39.1 Å². The van der Waals surface area contributed by atoms with Crippen LogP contribution in [0.5, 0.6) is 0 Å². The van der Waals surface area contributed by atoms with Crippen LogP contribution >= 0.6 is 0 Å². The largest absolute Gasteiger partial charge is 0.374 e. The van der Waals surface area contributed by atoms with Crippen LogP contribution < -0.4 is 0 Å². The van der Waals surface area contributed by atoms with Crippen molar-refractivity contribution >= 4 is 0 Å². The van der Waals surface area contributed by atoms with Gasteiger partial charge in [-0.15, -0.1) is 0 Å². The summed E-state index contributed by atoms with van der Waals surface area (Å²) in [5, 5.41) is 3.81. The fourth-order valence-corrected chi connectivity index (χ4v) is 4.19. The second kappa shape index (κ2) is 13.6. The zero-order valence-corrected chi connectivity index (χ0v) is 19.7. The van der Waals surface area contributed by atoms with E-state index in [1.807, 2.05) is 91.0 Å². The number of hydrogen-bond acceptors (Lipinski definition) is 5. The second-order valence-electron chi connectivity index (χ2n) is 8.57. The van der Waals surface area contributed by atoms with Crippen molar-refractivity contribution in [2.75, 3.05) is 19.8 Å². The minimum atomic E-state index is -0.387. The molecule has 3 aromatic carbocycles. The van der Waals surface area contributed by atoms with Gasteiger partial charge in [0.15, 0.2) is 0 Å². The molecule has 4 atom stereocenters. The second-order valence-corrected chi connectivity index (χ2v) is 8.57. The van der Waals surface area contributed by atoms with E-state index in [1.165, 1.54) is 0 Å². The third-order valence-electron chi connectivity index (χ3n) is 6.02. The molecule has 0 radical (unpaired) electrons. The van der Waals surface area contributed by atoms with E-state index >= 15 is 0 Å². The molecule has 0 N–H and O–H groups in total. The van der Waals surface area contributed by atoms with Crippen LogP contribution in [0.25, 0.3) is 10.4 Å². The number of nitrogens with zero attached hydrogens (tertiary/aromatic N) is 3. The van der Waals surface area contributed by atoms with Gasteiger partial charge in [-0.1, -0.05) is 96.1 Å². The smallest absolute Gasteiger partial charge is 0.113 e. The molecule has 4 rings (SSSR count). The molecule has 0 amide bonds. The summed E-state index contributed by atoms with van der Waals surface area (Å²) in [6.07, 6.45) is -1.02. The van der Waals surface area contributed by atoms with Gasteiger partial charge < -0.3 is 18.9 Å². The number of azide groups is 1. The van der Waals surface area contributed by atoms with E-state index in [2.05, 4.69) is 10.0 Å². The Labute approximate surface area is 206 Å². The Kier molecular flexibility index (Phi) is 9.71. The predicted octanol–water partition coefficient (Wildman–Crippen LogP) is 5.70. The first-order chi connectivity index (χ1) is 17.3. The molecule has 1 saturated heterocycles. The van der Waals surface area contributed by atoms with Crippen molar-refractivity contribution < 1.29 is 18.9 Å². The summed E-state index contributed by atoms with van der Waals surface area (Å²) in [5.41, 5.74) is 12.1. The molecular weight excluding hydrogens is 442 g/mol. The van der Waals surface area contributed by atoms with Crippen LogP contribution in [-0.2, 0) is 38.8 Å². The first kappa shape index (κ1) is 24.9. The molecule has 0 saturated carbocycles. The molecule has 0 aromatic heterocycles. The lowest BCUT2D eigenvalue weighted by Gasteiger charge is -2.42. The van der Waals surface area contributed by atoms with Gasteiger partial charge in [-0.25, -0.2) is 0 Å². The zero-order valence-electron chi connectivity index (χ0n) is 19.7. The number of hydrogen-bond donors (Lipinski definition) is 0.